The van der Waals surface area contributed by atoms with E-state index in [4.69, 9.17) is 0 Å². The standard InChI is InChI=1S/C15H23N/c1-12(2)14-10-7-11-16-15(14)13-8-5-3-4-6-9-13/h7,10-13H,3-6,8-9H2,1-2H3. The minimum absolute atomic E-state index is 0.604. The van der Waals surface area contributed by atoms with Gasteiger partial charge in [0.25, 0.3) is 0 Å². The summed E-state index contributed by atoms with van der Waals surface area (Å²) < 4.78 is 0. The van der Waals surface area contributed by atoms with Crippen LogP contribution in [0.5, 0.6) is 0 Å². The molecule has 0 aliphatic heterocycles. The average molecular weight is 217 g/mol. The molecule has 0 spiro atoms. The molecule has 16 heavy (non-hydrogen) atoms. The number of hydrogen-bond acceptors (Lipinski definition) is 1. The summed E-state index contributed by atoms with van der Waals surface area (Å²) >= 11 is 0. The Bertz CT molecular complexity index is 322. The second kappa shape index (κ2) is 5.47. The third-order valence-electron chi connectivity index (χ3n) is 3.74. The van der Waals surface area contributed by atoms with E-state index in [-0.39, 0.29) is 0 Å². The van der Waals surface area contributed by atoms with Crippen LogP contribution < -0.4 is 0 Å². The van der Waals surface area contributed by atoms with Gasteiger partial charge in [-0.3, -0.25) is 4.98 Å². The van der Waals surface area contributed by atoms with Gasteiger partial charge < -0.3 is 0 Å². The van der Waals surface area contributed by atoms with Gasteiger partial charge in [0.05, 0.1) is 0 Å². The smallest absolute Gasteiger partial charge is 0.0469 e. The largest absolute Gasteiger partial charge is 0.261 e. The summed E-state index contributed by atoms with van der Waals surface area (Å²) in [6, 6.07) is 4.34. The minimum atomic E-state index is 0.604. The second-order valence-corrected chi connectivity index (χ2v) is 5.32. The van der Waals surface area contributed by atoms with Gasteiger partial charge in [-0.2, -0.15) is 0 Å². The van der Waals surface area contributed by atoms with Gasteiger partial charge in [0.15, 0.2) is 0 Å². The van der Waals surface area contributed by atoms with Crippen molar-refractivity contribution in [1.82, 2.24) is 4.98 Å². The molecule has 1 aromatic rings. The van der Waals surface area contributed by atoms with E-state index in [0.717, 1.165) is 5.92 Å². The number of nitrogens with zero attached hydrogens (tertiary/aromatic N) is 1. The summed E-state index contributed by atoms with van der Waals surface area (Å²) in [6.45, 7) is 4.55. The molecule has 0 unspecified atom stereocenters. The molecule has 1 aliphatic carbocycles. The van der Waals surface area contributed by atoms with Gasteiger partial charge in [-0.15, -0.1) is 0 Å². The Morgan fingerprint density at radius 1 is 1.12 bits per heavy atom. The Kier molecular flexibility index (Phi) is 3.98. The molecular formula is C15H23N. The normalized spacial score (nSPS) is 18.7. The van der Waals surface area contributed by atoms with Gasteiger partial charge in [-0.25, -0.2) is 0 Å². The van der Waals surface area contributed by atoms with Crippen LogP contribution in [0.3, 0.4) is 0 Å². The van der Waals surface area contributed by atoms with Crippen LogP contribution in [0.4, 0.5) is 0 Å². The van der Waals surface area contributed by atoms with Crippen LogP contribution >= 0.6 is 0 Å². The molecule has 0 atom stereocenters. The Morgan fingerprint density at radius 2 is 1.81 bits per heavy atom. The molecule has 1 nitrogen and oxygen atoms in total. The summed E-state index contributed by atoms with van der Waals surface area (Å²) in [4.78, 5) is 4.67. The Hall–Kier alpha value is -0.850. The number of pyridine rings is 1. The Morgan fingerprint density at radius 3 is 2.44 bits per heavy atom. The summed E-state index contributed by atoms with van der Waals surface area (Å²) in [5.74, 6) is 1.33. The van der Waals surface area contributed by atoms with E-state index in [0.29, 0.717) is 5.92 Å². The summed E-state index contributed by atoms with van der Waals surface area (Å²) in [5, 5.41) is 0. The van der Waals surface area contributed by atoms with Gasteiger partial charge in [0.1, 0.15) is 0 Å². The second-order valence-electron chi connectivity index (χ2n) is 5.32. The van der Waals surface area contributed by atoms with Crippen LogP contribution in [0.15, 0.2) is 18.3 Å². The third kappa shape index (κ3) is 2.63. The van der Waals surface area contributed by atoms with Gasteiger partial charge in [-0.1, -0.05) is 45.6 Å². The SMILES string of the molecule is CC(C)c1cccnc1C1CCCCCC1. The average Bonchev–Trinajstić information content (AvgIpc) is 2.57. The van der Waals surface area contributed by atoms with Crippen molar-refractivity contribution in [2.24, 2.45) is 0 Å². The zero-order chi connectivity index (χ0) is 11.4. The lowest BCUT2D eigenvalue weighted by Gasteiger charge is -2.19. The monoisotopic (exact) mass is 217 g/mol. The van der Waals surface area contributed by atoms with E-state index < -0.39 is 0 Å². The zero-order valence-corrected chi connectivity index (χ0v) is 10.6. The first-order valence-electron chi connectivity index (χ1n) is 6.74. The molecule has 0 aromatic carbocycles. The van der Waals surface area contributed by atoms with Crippen molar-refractivity contribution >= 4 is 0 Å². The molecule has 1 aromatic heterocycles. The molecule has 0 bridgehead atoms. The van der Waals surface area contributed by atoms with Crippen molar-refractivity contribution < 1.29 is 0 Å². The van der Waals surface area contributed by atoms with Crippen molar-refractivity contribution in [2.45, 2.75) is 64.2 Å². The van der Waals surface area contributed by atoms with Gasteiger partial charge >= 0.3 is 0 Å². The molecule has 1 fully saturated rings. The van der Waals surface area contributed by atoms with E-state index in [1.54, 1.807) is 0 Å². The fraction of sp³-hybridized carbons (Fsp3) is 0.667. The molecule has 0 saturated heterocycles. The highest BCUT2D eigenvalue weighted by Crippen LogP contribution is 2.34. The van der Waals surface area contributed by atoms with Crippen LogP contribution in [0.1, 0.15) is 75.5 Å². The lowest BCUT2D eigenvalue weighted by Crippen LogP contribution is -2.06. The molecule has 1 heteroatoms. The van der Waals surface area contributed by atoms with Crippen LogP contribution in [-0.4, -0.2) is 4.98 Å². The minimum Gasteiger partial charge on any atom is -0.261 e. The first-order chi connectivity index (χ1) is 7.79. The highest BCUT2D eigenvalue weighted by atomic mass is 14.7. The number of rotatable bonds is 2. The quantitative estimate of drug-likeness (QED) is 0.657. The molecule has 1 heterocycles. The highest BCUT2D eigenvalue weighted by molar-refractivity contribution is 5.26. The Balaban J connectivity index is 2.23. The van der Waals surface area contributed by atoms with E-state index in [9.17, 15) is 0 Å². The van der Waals surface area contributed by atoms with Gasteiger partial charge in [0, 0.05) is 17.8 Å². The van der Waals surface area contributed by atoms with Crippen LogP contribution in [0.25, 0.3) is 0 Å². The van der Waals surface area contributed by atoms with Crippen molar-refractivity contribution in [3.8, 4) is 0 Å². The van der Waals surface area contributed by atoms with E-state index >= 15 is 0 Å². The fourth-order valence-electron chi connectivity index (χ4n) is 2.81. The zero-order valence-electron chi connectivity index (χ0n) is 10.6. The van der Waals surface area contributed by atoms with Crippen molar-refractivity contribution in [3.63, 3.8) is 0 Å². The predicted molar refractivity (Wildman–Crippen MR) is 68.8 cm³/mol. The van der Waals surface area contributed by atoms with Gasteiger partial charge in [-0.05, 0) is 30.4 Å². The van der Waals surface area contributed by atoms with Crippen molar-refractivity contribution in [2.75, 3.05) is 0 Å². The molecule has 1 saturated carbocycles. The summed E-state index contributed by atoms with van der Waals surface area (Å²) in [6.07, 6.45) is 10.3. The molecule has 1 aliphatic rings. The Labute approximate surface area is 99.3 Å². The van der Waals surface area contributed by atoms with E-state index in [1.165, 1.54) is 49.8 Å². The van der Waals surface area contributed by atoms with Crippen molar-refractivity contribution in [1.29, 1.82) is 0 Å². The van der Waals surface area contributed by atoms with E-state index in [1.807, 2.05) is 6.20 Å². The highest BCUT2D eigenvalue weighted by Gasteiger charge is 2.19. The predicted octanol–water partition coefficient (Wildman–Crippen LogP) is 4.64. The third-order valence-corrected chi connectivity index (χ3v) is 3.74. The van der Waals surface area contributed by atoms with E-state index in [2.05, 4.69) is 31.0 Å². The van der Waals surface area contributed by atoms with Gasteiger partial charge in [0.2, 0.25) is 0 Å². The fourth-order valence-corrected chi connectivity index (χ4v) is 2.81. The summed E-state index contributed by atoms with van der Waals surface area (Å²) in [5.41, 5.74) is 2.86. The molecular weight excluding hydrogens is 194 g/mol. The molecule has 2 rings (SSSR count). The molecule has 0 radical (unpaired) electrons. The van der Waals surface area contributed by atoms with Crippen molar-refractivity contribution in [3.05, 3.63) is 29.6 Å². The maximum atomic E-state index is 4.67. The first-order valence-corrected chi connectivity index (χ1v) is 6.74. The first kappa shape index (κ1) is 11.6. The van der Waals surface area contributed by atoms with Crippen LogP contribution in [0, 0.1) is 0 Å². The lowest BCUT2D eigenvalue weighted by atomic mass is 9.89. The van der Waals surface area contributed by atoms with Crippen LogP contribution in [0.2, 0.25) is 0 Å². The topological polar surface area (TPSA) is 12.9 Å². The maximum absolute atomic E-state index is 4.67. The number of aromatic nitrogens is 1. The lowest BCUT2D eigenvalue weighted by molar-refractivity contribution is 0.567. The molecule has 0 N–H and O–H groups in total. The summed E-state index contributed by atoms with van der Waals surface area (Å²) in [7, 11) is 0. The maximum Gasteiger partial charge on any atom is 0.0469 e. The molecule has 88 valence electrons. The molecule has 0 amide bonds. The number of hydrogen-bond donors (Lipinski definition) is 0. The van der Waals surface area contributed by atoms with Crippen LogP contribution in [-0.2, 0) is 0 Å².